The highest BCUT2D eigenvalue weighted by Gasteiger charge is 2.19. The van der Waals surface area contributed by atoms with Crippen LogP contribution in [-0.4, -0.2) is 45.9 Å². The number of hydrogen-bond acceptors (Lipinski definition) is 4. The van der Waals surface area contributed by atoms with Crippen molar-refractivity contribution in [3.05, 3.63) is 105 Å². The van der Waals surface area contributed by atoms with E-state index >= 15 is 0 Å². The van der Waals surface area contributed by atoms with Crippen LogP contribution in [0, 0.1) is 41.5 Å². The quantitative estimate of drug-likeness (QED) is 0.284. The van der Waals surface area contributed by atoms with Crippen LogP contribution in [0.15, 0.2) is 60.9 Å². The highest BCUT2D eigenvalue weighted by molar-refractivity contribution is 5.66. The summed E-state index contributed by atoms with van der Waals surface area (Å²) < 4.78 is 0. The molecule has 0 unspecified atom stereocenters. The molecule has 4 aromatic rings. The highest BCUT2D eigenvalue weighted by atomic mass is 15.3. The Hall–Kier alpha value is -3.34. The molecular weight excluding hydrogens is 464 g/mol. The number of aromatic nitrogens is 2. The van der Waals surface area contributed by atoms with Gasteiger partial charge in [-0.25, -0.2) is 0 Å². The molecule has 0 N–H and O–H groups in total. The predicted octanol–water partition coefficient (Wildman–Crippen LogP) is 6.98. The summed E-state index contributed by atoms with van der Waals surface area (Å²) in [6, 6.07) is 17.8. The van der Waals surface area contributed by atoms with Crippen LogP contribution in [0.4, 0.5) is 0 Å². The molecule has 2 aromatic carbocycles. The van der Waals surface area contributed by atoms with E-state index in [0.717, 1.165) is 50.7 Å². The van der Waals surface area contributed by atoms with Crippen molar-refractivity contribution < 1.29 is 0 Å². The fraction of sp³-hybridized carbons (Fsp3) is 0.353. The van der Waals surface area contributed by atoms with Crippen LogP contribution in [0.5, 0.6) is 0 Å². The molecule has 4 heteroatoms. The van der Waals surface area contributed by atoms with Crippen molar-refractivity contribution in [3.63, 3.8) is 0 Å². The van der Waals surface area contributed by atoms with E-state index in [2.05, 4.69) is 105 Å². The van der Waals surface area contributed by atoms with E-state index in [4.69, 9.17) is 4.98 Å². The maximum absolute atomic E-state index is 4.80. The molecule has 0 radical (unpaired) electrons. The number of benzene rings is 2. The Morgan fingerprint density at radius 3 is 1.76 bits per heavy atom. The Morgan fingerprint density at radius 2 is 1.16 bits per heavy atom. The minimum absolute atomic E-state index is 0.939. The standard InChI is InChI=1S/C34H40N4/c1-23-16-31(17-24(2)27(23)5)33-20-29(9-11-35-33)21-37-12-14-38(15-13-37)22-30-8-7-10-36-34(30)32-18-25(3)28(6)26(4)19-32/h7-11,16-20H,12-15,21-22H2,1-6H3. The summed E-state index contributed by atoms with van der Waals surface area (Å²) >= 11 is 0. The second-order valence-corrected chi connectivity index (χ2v) is 11.1. The molecule has 0 spiro atoms. The van der Waals surface area contributed by atoms with Crippen molar-refractivity contribution in [2.24, 2.45) is 0 Å². The summed E-state index contributed by atoms with van der Waals surface area (Å²) in [4.78, 5) is 14.6. The van der Waals surface area contributed by atoms with Gasteiger partial charge >= 0.3 is 0 Å². The topological polar surface area (TPSA) is 32.3 Å². The molecular formula is C34H40N4. The Labute approximate surface area is 228 Å². The smallest absolute Gasteiger partial charge is 0.0747 e. The average molecular weight is 505 g/mol. The summed E-state index contributed by atoms with van der Waals surface area (Å²) in [5.41, 5.74) is 15.3. The van der Waals surface area contributed by atoms with Crippen LogP contribution in [0.3, 0.4) is 0 Å². The van der Waals surface area contributed by atoms with E-state index < -0.39 is 0 Å². The van der Waals surface area contributed by atoms with Gasteiger partial charge in [0.1, 0.15) is 0 Å². The fourth-order valence-electron chi connectivity index (χ4n) is 5.52. The summed E-state index contributed by atoms with van der Waals surface area (Å²) in [6.45, 7) is 19.3. The lowest BCUT2D eigenvalue weighted by molar-refractivity contribution is 0.122. The lowest BCUT2D eigenvalue weighted by Crippen LogP contribution is -2.45. The van der Waals surface area contributed by atoms with Gasteiger partial charge in [-0.2, -0.15) is 0 Å². The maximum atomic E-state index is 4.80. The maximum Gasteiger partial charge on any atom is 0.0747 e. The average Bonchev–Trinajstić information content (AvgIpc) is 2.91. The van der Waals surface area contributed by atoms with E-state index in [9.17, 15) is 0 Å². The second-order valence-electron chi connectivity index (χ2n) is 11.1. The summed E-state index contributed by atoms with van der Waals surface area (Å²) in [5, 5.41) is 0. The Kier molecular flexibility index (Phi) is 7.73. The molecule has 3 heterocycles. The molecule has 0 amide bonds. The second kappa shape index (κ2) is 11.2. The molecule has 5 rings (SSSR count). The lowest BCUT2D eigenvalue weighted by atomic mass is 9.96. The predicted molar refractivity (Wildman–Crippen MR) is 158 cm³/mol. The molecule has 1 aliphatic heterocycles. The van der Waals surface area contributed by atoms with Gasteiger partial charge in [0.25, 0.3) is 0 Å². The normalized spacial score (nSPS) is 14.7. The first-order valence-corrected chi connectivity index (χ1v) is 13.8. The first kappa shape index (κ1) is 26.3. The van der Waals surface area contributed by atoms with E-state index in [1.807, 2.05) is 12.4 Å². The third-order valence-corrected chi connectivity index (χ3v) is 8.40. The number of rotatable bonds is 6. The van der Waals surface area contributed by atoms with Crippen molar-refractivity contribution in [1.29, 1.82) is 0 Å². The highest BCUT2D eigenvalue weighted by Crippen LogP contribution is 2.28. The molecule has 1 aliphatic rings. The van der Waals surface area contributed by atoms with Crippen molar-refractivity contribution in [2.75, 3.05) is 26.2 Å². The van der Waals surface area contributed by atoms with Crippen LogP contribution in [-0.2, 0) is 13.1 Å². The Balaban J connectivity index is 1.23. The molecule has 4 nitrogen and oxygen atoms in total. The van der Waals surface area contributed by atoms with Gasteiger partial charge in [-0.15, -0.1) is 0 Å². The van der Waals surface area contributed by atoms with Gasteiger partial charge in [-0.1, -0.05) is 6.07 Å². The zero-order chi connectivity index (χ0) is 26.8. The zero-order valence-electron chi connectivity index (χ0n) is 23.8. The van der Waals surface area contributed by atoms with E-state index in [1.54, 1.807) is 0 Å². The molecule has 1 fully saturated rings. The van der Waals surface area contributed by atoms with Crippen LogP contribution in [0.1, 0.15) is 44.5 Å². The SMILES string of the molecule is Cc1cc(-c2cc(CN3CCN(Cc4cccnc4-c4cc(C)c(C)c(C)c4)CC3)ccn2)cc(C)c1C. The first-order chi connectivity index (χ1) is 18.3. The largest absolute Gasteiger partial charge is 0.297 e. The van der Waals surface area contributed by atoms with Gasteiger partial charge in [-0.05, 0) is 129 Å². The van der Waals surface area contributed by atoms with Crippen molar-refractivity contribution >= 4 is 0 Å². The molecule has 0 aliphatic carbocycles. The van der Waals surface area contributed by atoms with E-state index in [1.165, 1.54) is 55.6 Å². The molecule has 0 bridgehead atoms. The van der Waals surface area contributed by atoms with Crippen LogP contribution in [0.2, 0.25) is 0 Å². The minimum atomic E-state index is 0.939. The summed E-state index contributed by atoms with van der Waals surface area (Å²) in [5.74, 6) is 0. The summed E-state index contributed by atoms with van der Waals surface area (Å²) in [7, 11) is 0. The van der Waals surface area contributed by atoms with Crippen LogP contribution < -0.4 is 0 Å². The number of aryl methyl sites for hydroxylation is 4. The fourth-order valence-corrected chi connectivity index (χ4v) is 5.52. The lowest BCUT2D eigenvalue weighted by Gasteiger charge is -2.35. The monoisotopic (exact) mass is 504 g/mol. The molecule has 0 atom stereocenters. The van der Waals surface area contributed by atoms with E-state index in [-0.39, 0.29) is 0 Å². The minimum Gasteiger partial charge on any atom is -0.297 e. The van der Waals surface area contributed by atoms with Gasteiger partial charge in [0, 0.05) is 62.8 Å². The van der Waals surface area contributed by atoms with Gasteiger partial charge in [-0.3, -0.25) is 19.8 Å². The van der Waals surface area contributed by atoms with Crippen LogP contribution >= 0.6 is 0 Å². The number of piperazine rings is 1. The van der Waals surface area contributed by atoms with Gasteiger partial charge in [0.15, 0.2) is 0 Å². The van der Waals surface area contributed by atoms with Crippen molar-refractivity contribution in [1.82, 2.24) is 19.8 Å². The first-order valence-electron chi connectivity index (χ1n) is 13.8. The third kappa shape index (κ3) is 5.72. The number of nitrogens with zero attached hydrogens (tertiary/aromatic N) is 4. The number of hydrogen-bond donors (Lipinski definition) is 0. The third-order valence-electron chi connectivity index (χ3n) is 8.40. The molecule has 1 saturated heterocycles. The Morgan fingerprint density at radius 1 is 0.605 bits per heavy atom. The molecule has 196 valence electrons. The number of pyridine rings is 2. The summed E-state index contributed by atoms with van der Waals surface area (Å²) in [6.07, 6.45) is 3.88. The van der Waals surface area contributed by atoms with Crippen molar-refractivity contribution in [2.45, 2.75) is 54.6 Å². The Bertz CT molecular complexity index is 1400. The van der Waals surface area contributed by atoms with Crippen molar-refractivity contribution in [3.8, 4) is 22.5 Å². The molecule has 2 aromatic heterocycles. The zero-order valence-corrected chi connectivity index (χ0v) is 23.8. The van der Waals surface area contributed by atoms with Gasteiger partial charge in [0.2, 0.25) is 0 Å². The van der Waals surface area contributed by atoms with Gasteiger partial charge < -0.3 is 0 Å². The molecule has 38 heavy (non-hydrogen) atoms. The van der Waals surface area contributed by atoms with Crippen LogP contribution in [0.25, 0.3) is 22.5 Å². The van der Waals surface area contributed by atoms with E-state index in [0.29, 0.717) is 0 Å². The van der Waals surface area contributed by atoms with Gasteiger partial charge in [0.05, 0.1) is 11.4 Å². The molecule has 0 saturated carbocycles.